The van der Waals surface area contributed by atoms with Gasteiger partial charge in [0.15, 0.2) is 5.78 Å². The molecule has 1 aliphatic rings. The number of aromatic amines is 1. The lowest BCUT2D eigenvalue weighted by Gasteiger charge is -2.08. The monoisotopic (exact) mass is 565 g/mol. The van der Waals surface area contributed by atoms with E-state index in [1.807, 2.05) is 31.3 Å². The van der Waals surface area contributed by atoms with Crippen LogP contribution in [-0.4, -0.2) is 31.7 Å². The van der Waals surface area contributed by atoms with Gasteiger partial charge >= 0.3 is 0 Å². The predicted molar refractivity (Wildman–Crippen MR) is 139 cm³/mol. The van der Waals surface area contributed by atoms with Gasteiger partial charge in [0.25, 0.3) is 5.91 Å². The van der Waals surface area contributed by atoms with E-state index in [4.69, 9.17) is 0 Å². The fourth-order valence-corrected chi connectivity index (χ4v) is 4.83. The van der Waals surface area contributed by atoms with Crippen LogP contribution in [0.2, 0.25) is 0 Å². The minimum Gasteiger partial charge on any atom is -0.324 e. The van der Waals surface area contributed by atoms with Crippen molar-refractivity contribution in [2.75, 3.05) is 5.32 Å². The number of H-pyrrole nitrogens is 1. The normalized spacial score (nSPS) is 13.1. The molecule has 3 N–H and O–H groups in total. The van der Waals surface area contributed by atoms with Gasteiger partial charge in [-0.2, -0.15) is 10.2 Å². The number of nitrogens with one attached hydrogen (secondary N) is 3. The van der Waals surface area contributed by atoms with E-state index in [9.17, 15) is 9.59 Å². The molecule has 0 saturated carbocycles. The maximum absolute atomic E-state index is 13.2. The Labute approximate surface area is 205 Å². The molecular formula is C24H20IN7O2. The molecule has 3 heterocycles. The second-order valence-electron chi connectivity index (χ2n) is 7.71. The van der Waals surface area contributed by atoms with Crippen LogP contribution >= 0.6 is 21.3 Å². The van der Waals surface area contributed by atoms with Crippen molar-refractivity contribution in [3.63, 3.8) is 0 Å². The molecule has 0 saturated heterocycles. The van der Waals surface area contributed by atoms with E-state index < -0.39 is 0 Å². The Morgan fingerprint density at radius 3 is 2.71 bits per heavy atom. The topological polar surface area (TPSA) is 117 Å². The fraction of sp³-hybridized carbons (Fsp3) is 0.0833. The van der Waals surface area contributed by atoms with Gasteiger partial charge in [0.1, 0.15) is 27.0 Å². The number of benzene rings is 2. The number of aromatic nitrogens is 4. The first kappa shape index (κ1) is 21.9. The van der Waals surface area contributed by atoms with Crippen molar-refractivity contribution in [1.82, 2.24) is 23.5 Å². The molecule has 0 radical (unpaired) electrons. The van der Waals surface area contributed by atoms with Crippen molar-refractivity contribution < 1.29 is 9.59 Å². The molecular weight excluding hydrogens is 545 g/mol. The average molecular weight is 565 g/mol. The summed E-state index contributed by atoms with van der Waals surface area (Å²) in [6, 6.07) is 14.1. The molecule has 4 aromatic rings. The lowest BCUT2D eigenvalue weighted by molar-refractivity contribution is 0.101. The minimum absolute atomic E-state index is 0.147. The Morgan fingerprint density at radius 2 is 1.94 bits per heavy atom. The molecule has 0 bridgehead atoms. The third-order valence-electron chi connectivity index (χ3n) is 5.27. The summed E-state index contributed by atoms with van der Waals surface area (Å²) in [4.78, 5) is 25.8. The van der Waals surface area contributed by atoms with E-state index in [2.05, 4.69) is 27.3 Å². The Hall–Kier alpha value is -3.93. The predicted octanol–water partition coefficient (Wildman–Crippen LogP) is 4.62. The summed E-state index contributed by atoms with van der Waals surface area (Å²) in [6.45, 7) is 1.83. The quantitative estimate of drug-likeness (QED) is 0.179. The highest BCUT2D eigenvalue weighted by Crippen LogP contribution is 2.23. The number of rotatable bonds is 6. The van der Waals surface area contributed by atoms with Crippen LogP contribution in [0.25, 0.3) is 17.0 Å². The van der Waals surface area contributed by atoms with E-state index in [0.29, 0.717) is 22.5 Å². The molecule has 0 spiro atoms. The number of halogens is 1. The molecule has 1 aliphatic heterocycles. The molecule has 0 aliphatic carbocycles. The molecule has 0 unspecified atom stereocenters. The number of fused-ring (bicyclic) bond motifs is 1. The summed E-state index contributed by atoms with van der Waals surface area (Å²) in [5.41, 5.74) is 5.20. The standard InChI is InChI=1S/C24H20IN7O2/c1-14-10-22(32(2)31-14)24(34)27-17-5-3-4-15(11-17)23(33)16-6-8-19-20(29-30-21(19)12-16)9-7-18-13-26-25-28-18/h3-13H,1-2H3,(H,26,28)(H,27,34)(H,29,30)/b9-7+. The molecule has 1 amide bonds. The highest BCUT2D eigenvalue weighted by atomic mass is 127. The number of amides is 1. The Bertz CT molecular complexity index is 1530. The summed E-state index contributed by atoms with van der Waals surface area (Å²) < 4.78 is 9.06. The van der Waals surface area contributed by atoms with Crippen LogP contribution in [-0.2, 0) is 7.05 Å². The van der Waals surface area contributed by atoms with E-state index in [1.54, 1.807) is 49.5 Å². The van der Waals surface area contributed by atoms with Crippen molar-refractivity contribution in [3.8, 4) is 0 Å². The first-order valence-electron chi connectivity index (χ1n) is 10.4. The lowest BCUT2D eigenvalue weighted by atomic mass is 10.0. The molecule has 2 aromatic heterocycles. The zero-order valence-corrected chi connectivity index (χ0v) is 20.5. The van der Waals surface area contributed by atoms with Gasteiger partial charge in [0.2, 0.25) is 0 Å². The summed E-state index contributed by atoms with van der Waals surface area (Å²) in [5, 5.41) is 15.3. The largest absolute Gasteiger partial charge is 0.324 e. The van der Waals surface area contributed by atoms with Crippen molar-refractivity contribution in [3.05, 3.63) is 94.7 Å². The molecule has 9 nitrogen and oxygen atoms in total. The van der Waals surface area contributed by atoms with Gasteiger partial charge in [-0.25, -0.2) is 3.15 Å². The van der Waals surface area contributed by atoms with Gasteiger partial charge in [-0.3, -0.25) is 19.4 Å². The van der Waals surface area contributed by atoms with Crippen LogP contribution in [0.3, 0.4) is 0 Å². The number of hydrogen-bond donors (Lipinski definition) is 3. The van der Waals surface area contributed by atoms with Crippen LogP contribution in [0.5, 0.6) is 0 Å². The van der Waals surface area contributed by atoms with Gasteiger partial charge < -0.3 is 8.85 Å². The maximum Gasteiger partial charge on any atom is 0.273 e. The fourth-order valence-electron chi connectivity index (χ4n) is 3.65. The zero-order chi connectivity index (χ0) is 23.7. The molecule has 170 valence electrons. The number of hydrogen-bond acceptors (Lipinski definition) is 6. The number of aryl methyl sites for hydroxylation is 2. The summed E-state index contributed by atoms with van der Waals surface area (Å²) in [5.74, 6) is -0.433. The van der Waals surface area contributed by atoms with Gasteiger partial charge in [-0.15, -0.1) is 0 Å². The van der Waals surface area contributed by atoms with Crippen molar-refractivity contribution in [2.24, 2.45) is 10.2 Å². The summed E-state index contributed by atoms with van der Waals surface area (Å²) in [6.07, 6.45) is 5.72. The highest BCUT2D eigenvalue weighted by Gasteiger charge is 2.15. The Kier molecular flexibility index (Phi) is 5.88. The lowest BCUT2D eigenvalue weighted by Crippen LogP contribution is -2.16. The Balaban J connectivity index is 1.36. The molecule has 2 aromatic carbocycles. The highest BCUT2D eigenvalue weighted by molar-refractivity contribution is 14.1. The van der Waals surface area contributed by atoms with Crippen molar-refractivity contribution in [2.45, 2.75) is 6.92 Å². The number of nitrogens with zero attached hydrogens (tertiary/aromatic N) is 4. The smallest absolute Gasteiger partial charge is 0.273 e. The van der Waals surface area contributed by atoms with Crippen LogP contribution < -0.4 is 8.85 Å². The SMILES string of the molecule is Cc1cc(C(=O)Nc2cccc(C(=O)c3ccc4c(/C=C/C5=CNI=N5)n[nH]c4c3)c2)n(C)n1. The van der Waals surface area contributed by atoms with Gasteiger partial charge in [0, 0.05) is 35.4 Å². The third kappa shape index (κ3) is 4.44. The van der Waals surface area contributed by atoms with Gasteiger partial charge in [0.05, 0.1) is 22.6 Å². The number of carbonyl (C=O) groups is 2. The average Bonchev–Trinajstić information content (AvgIpc) is 3.57. The summed E-state index contributed by atoms with van der Waals surface area (Å²) >= 11 is -0.321. The molecule has 0 fully saturated rings. The van der Waals surface area contributed by atoms with Gasteiger partial charge in [-0.1, -0.05) is 18.2 Å². The van der Waals surface area contributed by atoms with E-state index in [1.165, 1.54) is 4.68 Å². The van der Waals surface area contributed by atoms with E-state index in [-0.39, 0.29) is 33.0 Å². The van der Waals surface area contributed by atoms with Crippen LogP contribution in [0.1, 0.15) is 37.8 Å². The maximum atomic E-state index is 13.2. The molecule has 10 heteroatoms. The molecule has 5 rings (SSSR count). The zero-order valence-electron chi connectivity index (χ0n) is 18.3. The van der Waals surface area contributed by atoms with Crippen molar-refractivity contribution in [1.29, 1.82) is 0 Å². The number of ketones is 1. The second kappa shape index (κ2) is 9.14. The van der Waals surface area contributed by atoms with E-state index in [0.717, 1.165) is 28.0 Å². The third-order valence-corrected chi connectivity index (χ3v) is 6.66. The number of carbonyl (C=O) groups excluding carboxylic acids is 2. The second-order valence-corrected chi connectivity index (χ2v) is 9.30. The van der Waals surface area contributed by atoms with E-state index >= 15 is 0 Å². The van der Waals surface area contributed by atoms with Crippen molar-refractivity contribution >= 4 is 55.7 Å². The Morgan fingerprint density at radius 1 is 1.09 bits per heavy atom. The number of allylic oxidation sites excluding steroid dienone is 1. The molecule has 34 heavy (non-hydrogen) atoms. The van der Waals surface area contributed by atoms with Crippen LogP contribution in [0.15, 0.2) is 69.6 Å². The van der Waals surface area contributed by atoms with Crippen LogP contribution in [0.4, 0.5) is 5.69 Å². The number of anilines is 1. The first-order valence-corrected chi connectivity index (χ1v) is 12.4. The van der Waals surface area contributed by atoms with Crippen LogP contribution in [0, 0.1) is 6.92 Å². The first-order chi connectivity index (χ1) is 16.5. The minimum atomic E-state index is -0.321. The van der Waals surface area contributed by atoms with Gasteiger partial charge in [-0.05, 0) is 49.4 Å². The summed E-state index contributed by atoms with van der Waals surface area (Å²) in [7, 11) is 1.72. The molecule has 0 atom stereocenters.